The van der Waals surface area contributed by atoms with E-state index in [0.29, 0.717) is 24.6 Å². The number of hydrogen-bond acceptors (Lipinski definition) is 4. The van der Waals surface area contributed by atoms with Gasteiger partial charge in [-0.3, -0.25) is 0 Å². The van der Waals surface area contributed by atoms with Gasteiger partial charge < -0.3 is 10.5 Å². The van der Waals surface area contributed by atoms with E-state index in [0.717, 1.165) is 30.6 Å². The molecule has 7 heteroatoms. The molecule has 5 nitrogen and oxygen atoms in total. The summed E-state index contributed by atoms with van der Waals surface area (Å²) in [6.07, 6.45) is 2.54. The van der Waals surface area contributed by atoms with E-state index < -0.39 is 10.0 Å². The van der Waals surface area contributed by atoms with Crippen molar-refractivity contribution in [3.63, 3.8) is 0 Å². The standard InChI is InChI=1S/C13H18N2O3S.ClH/c14-11-5-6-15(9-11)19(16,17)12-3-4-13-10(8-12)2-1-7-18-13;/h3-4,8,11H,1-2,5-7,9,14H2;1H/t11-;/m1./s1. The smallest absolute Gasteiger partial charge is 0.243 e. The van der Waals surface area contributed by atoms with Crippen LogP contribution in [0.25, 0.3) is 0 Å². The predicted molar refractivity (Wildman–Crippen MR) is 78.9 cm³/mol. The molecule has 2 heterocycles. The monoisotopic (exact) mass is 318 g/mol. The molecule has 1 fully saturated rings. The largest absolute Gasteiger partial charge is 0.493 e. The van der Waals surface area contributed by atoms with E-state index in [-0.39, 0.29) is 18.4 Å². The highest BCUT2D eigenvalue weighted by Crippen LogP contribution is 2.29. The van der Waals surface area contributed by atoms with E-state index in [4.69, 9.17) is 10.5 Å². The average Bonchev–Trinajstić information content (AvgIpc) is 2.85. The first-order valence-corrected chi connectivity index (χ1v) is 8.03. The Morgan fingerprint density at radius 1 is 1.35 bits per heavy atom. The lowest BCUT2D eigenvalue weighted by Gasteiger charge is -2.20. The molecule has 3 rings (SSSR count). The topological polar surface area (TPSA) is 72.6 Å². The highest BCUT2D eigenvalue weighted by molar-refractivity contribution is 7.89. The Morgan fingerprint density at radius 2 is 2.15 bits per heavy atom. The van der Waals surface area contributed by atoms with E-state index in [1.807, 2.05) is 0 Å². The normalized spacial score (nSPS) is 22.8. The number of nitrogens with zero attached hydrogens (tertiary/aromatic N) is 1. The number of benzene rings is 1. The van der Waals surface area contributed by atoms with E-state index in [1.165, 1.54) is 4.31 Å². The number of rotatable bonds is 2. The number of sulfonamides is 1. The first kappa shape index (κ1) is 15.6. The lowest BCUT2D eigenvalue weighted by molar-refractivity contribution is 0.288. The van der Waals surface area contributed by atoms with Crippen molar-refractivity contribution >= 4 is 22.4 Å². The van der Waals surface area contributed by atoms with Crippen LogP contribution >= 0.6 is 12.4 Å². The summed E-state index contributed by atoms with van der Waals surface area (Å²) in [7, 11) is -3.41. The van der Waals surface area contributed by atoms with Crippen molar-refractivity contribution in [2.45, 2.75) is 30.2 Å². The molecule has 0 amide bonds. The molecule has 20 heavy (non-hydrogen) atoms. The summed E-state index contributed by atoms with van der Waals surface area (Å²) in [6, 6.07) is 5.09. The molecule has 0 unspecified atom stereocenters. The van der Waals surface area contributed by atoms with Crippen molar-refractivity contribution in [1.29, 1.82) is 0 Å². The molecule has 2 aliphatic rings. The third-order valence-corrected chi connectivity index (χ3v) is 5.57. The Morgan fingerprint density at radius 3 is 2.85 bits per heavy atom. The van der Waals surface area contributed by atoms with Gasteiger partial charge in [0.2, 0.25) is 10.0 Å². The Balaban J connectivity index is 0.00000147. The number of aryl methyl sites for hydroxylation is 1. The van der Waals surface area contributed by atoms with Gasteiger partial charge in [-0.1, -0.05) is 0 Å². The number of nitrogens with two attached hydrogens (primary N) is 1. The maximum atomic E-state index is 12.5. The van der Waals surface area contributed by atoms with Crippen LogP contribution in [0.5, 0.6) is 5.75 Å². The van der Waals surface area contributed by atoms with Gasteiger partial charge >= 0.3 is 0 Å². The van der Waals surface area contributed by atoms with Gasteiger partial charge in [0.1, 0.15) is 5.75 Å². The van der Waals surface area contributed by atoms with Crippen molar-refractivity contribution < 1.29 is 13.2 Å². The molecular weight excluding hydrogens is 300 g/mol. The molecule has 0 spiro atoms. The van der Waals surface area contributed by atoms with Crippen LogP contribution in [0.3, 0.4) is 0 Å². The van der Waals surface area contributed by atoms with Crippen LogP contribution in [0.1, 0.15) is 18.4 Å². The van der Waals surface area contributed by atoms with Gasteiger partial charge in [-0.2, -0.15) is 4.31 Å². The number of halogens is 1. The van der Waals surface area contributed by atoms with Gasteiger partial charge in [-0.25, -0.2) is 8.42 Å². The Kier molecular flexibility index (Phi) is 4.59. The second kappa shape index (κ2) is 5.89. The first-order valence-electron chi connectivity index (χ1n) is 6.59. The number of ether oxygens (including phenoxy) is 1. The Bertz CT molecular complexity index is 591. The number of fused-ring (bicyclic) bond motifs is 1. The fraction of sp³-hybridized carbons (Fsp3) is 0.538. The summed E-state index contributed by atoms with van der Waals surface area (Å²) < 4.78 is 32.0. The van der Waals surface area contributed by atoms with Crippen molar-refractivity contribution in [2.75, 3.05) is 19.7 Å². The third kappa shape index (κ3) is 2.79. The fourth-order valence-electron chi connectivity index (χ4n) is 2.62. The quantitative estimate of drug-likeness (QED) is 0.888. The second-order valence-electron chi connectivity index (χ2n) is 5.13. The summed E-state index contributed by atoms with van der Waals surface area (Å²) in [4.78, 5) is 0.353. The highest BCUT2D eigenvalue weighted by atomic mass is 35.5. The maximum absolute atomic E-state index is 12.5. The minimum absolute atomic E-state index is 0. The van der Waals surface area contributed by atoms with Gasteiger partial charge in [0, 0.05) is 19.1 Å². The van der Waals surface area contributed by atoms with Gasteiger partial charge in [-0.15, -0.1) is 12.4 Å². The molecule has 1 atom stereocenters. The fourth-order valence-corrected chi connectivity index (χ4v) is 4.18. The van der Waals surface area contributed by atoms with Gasteiger partial charge in [-0.05, 0) is 43.0 Å². The molecule has 0 radical (unpaired) electrons. The van der Waals surface area contributed by atoms with Gasteiger partial charge in [0.15, 0.2) is 0 Å². The van der Waals surface area contributed by atoms with Crippen LogP contribution in [0, 0.1) is 0 Å². The second-order valence-corrected chi connectivity index (χ2v) is 7.07. The van der Waals surface area contributed by atoms with Crippen LogP contribution in [0.2, 0.25) is 0 Å². The molecule has 0 saturated carbocycles. The van der Waals surface area contributed by atoms with Crippen LogP contribution < -0.4 is 10.5 Å². The van der Waals surface area contributed by atoms with E-state index in [9.17, 15) is 8.42 Å². The van der Waals surface area contributed by atoms with Crippen molar-refractivity contribution in [3.8, 4) is 5.75 Å². The molecule has 112 valence electrons. The molecule has 0 aliphatic carbocycles. The molecule has 2 aliphatic heterocycles. The molecule has 1 aromatic carbocycles. The maximum Gasteiger partial charge on any atom is 0.243 e. The summed E-state index contributed by atoms with van der Waals surface area (Å²) >= 11 is 0. The third-order valence-electron chi connectivity index (χ3n) is 3.71. The van der Waals surface area contributed by atoms with E-state index >= 15 is 0 Å². The summed E-state index contributed by atoms with van der Waals surface area (Å²) in [6.45, 7) is 1.63. The molecular formula is C13H19ClN2O3S. The minimum Gasteiger partial charge on any atom is -0.493 e. The average molecular weight is 319 g/mol. The number of hydrogen-bond donors (Lipinski definition) is 1. The van der Waals surface area contributed by atoms with Crippen molar-refractivity contribution in [3.05, 3.63) is 23.8 Å². The highest BCUT2D eigenvalue weighted by Gasteiger charge is 2.31. The molecule has 1 saturated heterocycles. The van der Waals surface area contributed by atoms with Crippen molar-refractivity contribution in [2.24, 2.45) is 5.73 Å². The van der Waals surface area contributed by atoms with Crippen LogP contribution in [-0.4, -0.2) is 38.5 Å². The van der Waals surface area contributed by atoms with Gasteiger partial charge in [0.25, 0.3) is 0 Å². The summed E-state index contributed by atoms with van der Waals surface area (Å²) in [5.41, 5.74) is 6.77. The van der Waals surface area contributed by atoms with Crippen molar-refractivity contribution in [1.82, 2.24) is 4.31 Å². The predicted octanol–water partition coefficient (Wildman–Crippen LogP) is 1.16. The minimum atomic E-state index is -3.41. The van der Waals surface area contributed by atoms with Crippen LogP contribution in [-0.2, 0) is 16.4 Å². The zero-order valence-corrected chi connectivity index (χ0v) is 12.8. The van der Waals surface area contributed by atoms with Crippen LogP contribution in [0.15, 0.2) is 23.1 Å². The lowest BCUT2D eigenvalue weighted by Crippen LogP contribution is -2.32. The molecule has 0 bridgehead atoms. The van der Waals surface area contributed by atoms with Crippen LogP contribution in [0.4, 0.5) is 0 Å². The van der Waals surface area contributed by atoms with E-state index in [2.05, 4.69) is 0 Å². The first-order chi connectivity index (χ1) is 9.07. The molecule has 2 N–H and O–H groups in total. The zero-order chi connectivity index (χ0) is 13.5. The molecule has 1 aromatic rings. The Labute approximate surface area is 125 Å². The molecule has 0 aromatic heterocycles. The zero-order valence-electron chi connectivity index (χ0n) is 11.1. The summed E-state index contributed by atoms with van der Waals surface area (Å²) in [5.74, 6) is 0.809. The Hall–Kier alpha value is -0.820. The van der Waals surface area contributed by atoms with Gasteiger partial charge in [0.05, 0.1) is 11.5 Å². The summed E-state index contributed by atoms with van der Waals surface area (Å²) in [5, 5.41) is 0. The SMILES string of the molecule is Cl.N[C@@H]1CCN(S(=O)(=O)c2ccc3c(c2)CCCO3)C1. The van der Waals surface area contributed by atoms with E-state index in [1.54, 1.807) is 18.2 Å². The lowest BCUT2D eigenvalue weighted by atomic mass is 10.1.